The van der Waals surface area contributed by atoms with Crippen molar-refractivity contribution in [3.05, 3.63) is 23.5 Å². The van der Waals surface area contributed by atoms with Gasteiger partial charge in [-0.1, -0.05) is 6.08 Å². The Hall–Kier alpha value is -1.29. The van der Waals surface area contributed by atoms with Crippen LogP contribution in [0.4, 0.5) is 0 Å². The second-order valence-corrected chi connectivity index (χ2v) is 2.90. The highest BCUT2D eigenvalue weighted by atomic mass is 16.5. The van der Waals surface area contributed by atoms with Crippen molar-refractivity contribution in [2.45, 2.75) is 20.3 Å². The van der Waals surface area contributed by atoms with Gasteiger partial charge in [-0.05, 0) is 19.9 Å². The summed E-state index contributed by atoms with van der Waals surface area (Å²) in [4.78, 5) is 12.7. The second-order valence-electron chi connectivity index (χ2n) is 2.90. The van der Waals surface area contributed by atoms with Crippen LogP contribution in [0.25, 0.3) is 6.08 Å². The molecule has 0 aromatic carbocycles. The van der Waals surface area contributed by atoms with Crippen molar-refractivity contribution in [3.63, 3.8) is 0 Å². The zero-order valence-electron chi connectivity index (χ0n) is 8.82. The Balaban J connectivity index is 2.83. The van der Waals surface area contributed by atoms with Gasteiger partial charge in [0.15, 0.2) is 5.82 Å². The van der Waals surface area contributed by atoms with Gasteiger partial charge in [0.1, 0.15) is 11.6 Å². The molecular formula is C10H15N3O. The molecule has 1 heterocycles. The molecule has 0 aliphatic rings. The molecule has 1 aromatic heterocycles. The summed E-state index contributed by atoms with van der Waals surface area (Å²) in [5.41, 5.74) is 0. The summed E-state index contributed by atoms with van der Waals surface area (Å²) in [7, 11) is 1.67. The van der Waals surface area contributed by atoms with Crippen LogP contribution in [-0.2, 0) is 11.2 Å². The maximum Gasteiger partial charge on any atom is 0.155 e. The molecule has 14 heavy (non-hydrogen) atoms. The van der Waals surface area contributed by atoms with Gasteiger partial charge in [0.05, 0.1) is 6.61 Å². The standard InChI is InChI=1S/C10H15N3O/c1-4-5-9-11-8(2)12-10(13-9)6-7-14-3/h4-5H,6-7H2,1-3H3. The van der Waals surface area contributed by atoms with Gasteiger partial charge >= 0.3 is 0 Å². The van der Waals surface area contributed by atoms with E-state index in [1.807, 2.05) is 26.0 Å². The quantitative estimate of drug-likeness (QED) is 0.725. The van der Waals surface area contributed by atoms with Crippen LogP contribution in [-0.4, -0.2) is 28.7 Å². The zero-order valence-corrected chi connectivity index (χ0v) is 8.82. The number of rotatable bonds is 4. The Morgan fingerprint density at radius 2 is 2.07 bits per heavy atom. The van der Waals surface area contributed by atoms with E-state index in [-0.39, 0.29) is 0 Å². The highest BCUT2D eigenvalue weighted by Crippen LogP contribution is 1.98. The van der Waals surface area contributed by atoms with Gasteiger partial charge in [-0.15, -0.1) is 0 Å². The molecule has 1 rings (SSSR count). The van der Waals surface area contributed by atoms with Gasteiger partial charge in [0.2, 0.25) is 0 Å². The van der Waals surface area contributed by atoms with Crippen LogP contribution in [0.2, 0.25) is 0 Å². The first-order valence-electron chi connectivity index (χ1n) is 4.59. The lowest BCUT2D eigenvalue weighted by Gasteiger charge is -2.01. The predicted octanol–water partition coefficient (Wildman–Crippen LogP) is 1.40. The average molecular weight is 193 g/mol. The fourth-order valence-corrected chi connectivity index (χ4v) is 1.09. The lowest BCUT2D eigenvalue weighted by atomic mass is 10.4. The molecule has 4 nitrogen and oxygen atoms in total. The molecule has 0 spiro atoms. The number of methoxy groups -OCH3 is 1. The van der Waals surface area contributed by atoms with Crippen LogP contribution in [0.1, 0.15) is 24.4 Å². The van der Waals surface area contributed by atoms with Crippen LogP contribution >= 0.6 is 0 Å². The van der Waals surface area contributed by atoms with Crippen molar-refractivity contribution < 1.29 is 4.74 Å². The van der Waals surface area contributed by atoms with Crippen molar-refractivity contribution in [1.29, 1.82) is 0 Å². The SMILES string of the molecule is CC=Cc1nc(C)nc(CCOC)n1. The van der Waals surface area contributed by atoms with Crippen LogP contribution in [0.3, 0.4) is 0 Å². The summed E-state index contributed by atoms with van der Waals surface area (Å²) in [5, 5.41) is 0. The fourth-order valence-electron chi connectivity index (χ4n) is 1.09. The molecule has 0 radical (unpaired) electrons. The van der Waals surface area contributed by atoms with E-state index in [0.717, 1.165) is 18.1 Å². The van der Waals surface area contributed by atoms with E-state index >= 15 is 0 Å². The van der Waals surface area contributed by atoms with Gasteiger partial charge in [0, 0.05) is 13.5 Å². The summed E-state index contributed by atoms with van der Waals surface area (Å²) in [6, 6.07) is 0. The predicted molar refractivity (Wildman–Crippen MR) is 54.9 cm³/mol. The normalized spacial score (nSPS) is 11.1. The minimum atomic E-state index is 0.638. The first-order valence-corrected chi connectivity index (χ1v) is 4.59. The minimum Gasteiger partial charge on any atom is -0.384 e. The molecular weight excluding hydrogens is 178 g/mol. The first-order chi connectivity index (χ1) is 6.76. The zero-order chi connectivity index (χ0) is 10.4. The molecule has 0 aliphatic carbocycles. The summed E-state index contributed by atoms with van der Waals surface area (Å²) in [6.45, 7) is 4.44. The van der Waals surface area contributed by atoms with E-state index in [1.54, 1.807) is 7.11 Å². The van der Waals surface area contributed by atoms with Crippen LogP contribution in [0, 0.1) is 6.92 Å². The van der Waals surface area contributed by atoms with Gasteiger partial charge < -0.3 is 4.74 Å². The van der Waals surface area contributed by atoms with Crippen LogP contribution in [0.5, 0.6) is 0 Å². The number of nitrogens with zero attached hydrogens (tertiary/aromatic N) is 3. The van der Waals surface area contributed by atoms with Gasteiger partial charge in [-0.3, -0.25) is 0 Å². The van der Waals surface area contributed by atoms with Gasteiger partial charge in [-0.2, -0.15) is 0 Å². The number of hydrogen-bond donors (Lipinski definition) is 0. The summed E-state index contributed by atoms with van der Waals surface area (Å²) >= 11 is 0. The Kier molecular flexibility index (Phi) is 4.19. The van der Waals surface area contributed by atoms with E-state index in [2.05, 4.69) is 15.0 Å². The molecule has 4 heteroatoms. The molecule has 0 bridgehead atoms. The first kappa shape index (κ1) is 10.8. The number of allylic oxidation sites excluding steroid dienone is 1. The van der Waals surface area contributed by atoms with Gasteiger partial charge in [0.25, 0.3) is 0 Å². The summed E-state index contributed by atoms with van der Waals surface area (Å²) in [5.74, 6) is 2.25. The van der Waals surface area contributed by atoms with Gasteiger partial charge in [-0.25, -0.2) is 15.0 Å². The maximum absolute atomic E-state index is 4.97. The third kappa shape index (κ3) is 3.22. The molecule has 0 amide bonds. The Morgan fingerprint density at radius 1 is 1.29 bits per heavy atom. The number of hydrogen-bond acceptors (Lipinski definition) is 4. The summed E-state index contributed by atoms with van der Waals surface area (Å²) < 4.78 is 4.97. The second kappa shape index (κ2) is 5.44. The van der Waals surface area contributed by atoms with E-state index < -0.39 is 0 Å². The highest BCUT2D eigenvalue weighted by Gasteiger charge is 2.00. The molecule has 76 valence electrons. The molecule has 0 unspecified atom stereocenters. The van der Waals surface area contributed by atoms with Crippen molar-refractivity contribution in [3.8, 4) is 0 Å². The third-order valence-corrected chi connectivity index (χ3v) is 1.66. The minimum absolute atomic E-state index is 0.638. The lowest BCUT2D eigenvalue weighted by molar-refractivity contribution is 0.200. The largest absolute Gasteiger partial charge is 0.384 e. The molecule has 1 aromatic rings. The molecule has 0 atom stereocenters. The monoisotopic (exact) mass is 193 g/mol. The highest BCUT2D eigenvalue weighted by molar-refractivity contribution is 5.38. The Labute approximate surface area is 84.1 Å². The molecule has 0 aliphatic heterocycles. The van der Waals surface area contributed by atoms with E-state index in [4.69, 9.17) is 4.74 Å². The summed E-state index contributed by atoms with van der Waals surface area (Å²) in [6.07, 6.45) is 4.50. The molecule has 0 fully saturated rings. The Bertz CT molecular complexity index is 323. The van der Waals surface area contributed by atoms with Crippen molar-refractivity contribution in [2.24, 2.45) is 0 Å². The Morgan fingerprint density at radius 3 is 2.71 bits per heavy atom. The van der Waals surface area contributed by atoms with Crippen LogP contribution in [0.15, 0.2) is 6.08 Å². The third-order valence-electron chi connectivity index (χ3n) is 1.66. The topological polar surface area (TPSA) is 47.9 Å². The van der Waals surface area contributed by atoms with Crippen LogP contribution < -0.4 is 0 Å². The van der Waals surface area contributed by atoms with Crippen molar-refractivity contribution in [2.75, 3.05) is 13.7 Å². The van der Waals surface area contributed by atoms with E-state index in [1.165, 1.54) is 0 Å². The lowest BCUT2D eigenvalue weighted by Crippen LogP contribution is -2.05. The number of ether oxygens (including phenoxy) is 1. The fraction of sp³-hybridized carbons (Fsp3) is 0.500. The van der Waals surface area contributed by atoms with Crippen molar-refractivity contribution >= 4 is 6.08 Å². The molecule has 0 saturated heterocycles. The van der Waals surface area contributed by atoms with Crippen molar-refractivity contribution in [1.82, 2.24) is 15.0 Å². The smallest absolute Gasteiger partial charge is 0.155 e. The molecule has 0 saturated carbocycles. The number of aromatic nitrogens is 3. The molecule has 0 N–H and O–H groups in total. The number of aryl methyl sites for hydroxylation is 1. The van der Waals surface area contributed by atoms with E-state index in [9.17, 15) is 0 Å². The average Bonchev–Trinajstić information content (AvgIpc) is 2.14. The maximum atomic E-state index is 4.97. The van der Waals surface area contributed by atoms with E-state index in [0.29, 0.717) is 12.4 Å².